The molecule has 1 aliphatic rings. The molecule has 0 bridgehead atoms. The topological polar surface area (TPSA) is 34.9 Å². The molecule has 1 aromatic rings. The van der Waals surface area contributed by atoms with Crippen LogP contribution in [0.3, 0.4) is 0 Å². The monoisotopic (exact) mass is 284 g/mol. The molecule has 1 atom stereocenters. The van der Waals surface area contributed by atoms with Gasteiger partial charge in [0.05, 0.1) is 10.7 Å². The van der Waals surface area contributed by atoms with Crippen molar-refractivity contribution >= 4 is 21.7 Å². The molecule has 1 heterocycles. The molecule has 0 saturated heterocycles. The lowest BCUT2D eigenvalue weighted by Gasteiger charge is -2.11. The molecule has 0 N–H and O–H groups in total. The van der Waals surface area contributed by atoms with Gasteiger partial charge in [0.25, 0.3) is 0 Å². The molecule has 2 rings (SSSR count). The summed E-state index contributed by atoms with van der Waals surface area (Å²) in [5.74, 6) is 0.980. The minimum atomic E-state index is 0.142. The fraction of sp³-hybridized carbons (Fsp3) is 0.667. The molecule has 1 aliphatic carbocycles. The molecular weight excluding hydrogens is 268 g/mol. The molecule has 1 unspecified atom stereocenters. The van der Waals surface area contributed by atoms with Crippen molar-refractivity contribution in [2.45, 2.75) is 39.7 Å². The summed E-state index contributed by atoms with van der Waals surface area (Å²) in [4.78, 5) is 12.3. The van der Waals surface area contributed by atoms with Crippen LogP contribution in [0.25, 0.3) is 0 Å². The van der Waals surface area contributed by atoms with E-state index < -0.39 is 0 Å². The van der Waals surface area contributed by atoms with Gasteiger partial charge in [-0.15, -0.1) is 0 Å². The first-order chi connectivity index (χ1) is 7.65. The lowest BCUT2D eigenvalue weighted by molar-refractivity contribution is 0.0904. The van der Waals surface area contributed by atoms with Crippen LogP contribution < -0.4 is 0 Å². The largest absolute Gasteiger partial charge is 0.292 e. The van der Waals surface area contributed by atoms with Gasteiger partial charge in [0.2, 0.25) is 0 Å². The minimum absolute atomic E-state index is 0.142. The maximum absolute atomic E-state index is 12.3. The van der Waals surface area contributed by atoms with E-state index in [9.17, 15) is 4.79 Å². The molecule has 1 fully saturated rings. The highest BCUT2D eigenvalue weighted by Gasteiger charge is 2.35. The van der Waals surface area contributed by atoms with Gasteiger partial charge in [-0.1, -0.05) is 13.8 Å². The van der Waals surface area contributed by atoms with E-state index >= 15 is 0 Å². The van der Waals surface area contributed by atoms with Gasteiger partial charge in [0.15, 0.2) is 5.78 Å². The summed E-state index contributed by atoms with van der Waals surface area (Å²) in [6.07, 6.45) is 5.12. The van der Waals surface area contributed by atoms with Crippen molar-refractivity contribution in [2.24, 2.45) is 11.8 Å². The summed E-state index contributed by atoms with van der Waals surface area (Å²) in [5, 5.41) is 4.24. The predicted molar refractivity (Wildman–Crippen MR) is 66.4 cm³/mol. The van der Waals surface area contributed by atoms with Crippen molar-refractivity contribution in [3.63, 3.8) is 0 Å². The van der Waals surface area contributed by atoms with Gasteiger partial charge in [-0.3, -0.25) is 9.48 Å². The Morgan fingerprint density at radius 2 is 2.38 bits per heavy atom. The van der Waals surface area contributed by atoms with E-state index in [1.54, 1.807) is 6.20 Å². The Bertz CT molecular complexity index is 396. The highest BCUT2D eigenvalue weighted by molar-refractivity contribution is 9.10. The number of halogens is 1. The van der Waals surface area contributed by atoms with Crippen LogP contribution in [-0.4, -0.2) is 15.6 Å². The normalized spacial score (nSPS) is 17.4. The summed E-state index contributed by atoms with van der Waals surface area (Å²) in [5.41, 5.74) is 0.751. The number of hydrogen-bond donors (Lipinski definition) is 0. The van der Waals surface area contributed by atoms with Crippen LogP contribution in [0, 0.1) is 11.8 Å². The second kappa shape index (κ2) is 4.70. The number of ketones is 1. The number of hydrogen-bond acceptors (Lipinski definition) is 2. The average Bonchev–Trinajstić information content (AvgIpc) is 3.04. The molecule has 0 radical (unpaired) electrons. The summed E-state index contributed by atoms with van der Waals surface area (Å²) in [6, 6.07) is 0. The molecule has 3 nitrogen and oxygen atoms in total. The Labute approximate surface area is 104 Å². The fourth-order valence-corrected chi connectivity index (χ4v) is 2.51. The number of aryl methyl sites for hydroxylation is 1. The predicted octanol–water partition coefficient (Wildman–Crippen LogP) is 3.28. The molecule has 0 spiro atoms. The highest BCUT2D eigenvalue weighted by Crippen LogP contribution is 2.38. The Kier molecular flexibility index (Phi) is 3.47. The lowest BCUT2D eigenvalue weighted by Crippen LogP contribution is -2.19. The summed E-state index contributed by atoms with van der Waals surface area (Å²) in [6.45, 7) is 4.94. The van der Waals surface area contributed by atoms with Crippen molar-refractivity contribution in [1.29, 1.82) is 0 Å². The summed E-state index contributed by atoms with van der Waals surface area (Å²) < 4.78 is 2.66. The van der Waals surface area contributed by atoms with Crippen LogP contribution in [0.2, 0.25) is 0 Å². The fourth-order valence-electron chi connectivity index (χ4n) is 2.01. The van der Waals surface area contributed by atoms with Gasteiger partial charge < -0.3 is 0 Å². The van der Waals surface area contributed by atoms with Gasteiger partial charge in [-0.05, 0) is 41.1 Å². The summed E-state index contributed by atoms with van der Waals surface area (Å²) >= 11 is 3.42. The standard InChI is InChI=1S/C12H17BrN2O/c1-3-6-15-11(10(13)7-14-15)12(16)8(2)9-4-5-9/h7-9H,3-6H2,1-2H3. The number of carbonyl (C=O) groups excluding carboxylic acids is 1. The summed E-state index contributed by atoms with van der Waals surface area (Å²) in [7, 11) is 0. The van der Waals surface area contributed by atoms with E-state index in [1.165, 1.54) is 12.8 Å². The van der Waals surface area contributed by atoms with Crippen LogP contribution >= 0.6 is 15.9 Å². The third-order valence-corrected chi connectivity index (χ3v) is 3.79. The lowest BCUT2D eigenvalue weighted by atomic mass is 9.98. The molecule has 1 aromatic heterocycles. The second-order valence-electron chi connectivity index (χ2n) is 4.55. The maximum Gasteiger partial charge on any atom is 0.185 e. The van der Waals surface area contributed by atoms with Gasteiger partial charge in [0, 0.05) is 12.5 Å². The molecule has 0 aromatic carbocycles. The van der Waals surface area contributed by atoms with Crippen molar-refractivity contribution in [3.8, 4) is 0 Å². The SMILES string of the molecule is CCCn1ncc(Br)c1C(=O)C(C)C1CC1. The maximum atomic E-state index is 12.3. The zero-order valence-corrected chi connectivity index (χ0v) is 11.3. The molecule has 0 amide bonds. The van der Waals surface area contributed by atoms with Gasteiger partial charge in [-0.25, -0.2) is 0 Å². The smallest absolute Gasteiger partial charge is 0.185 e. The van der Waals surface area contributed by atoms with E-state index in [0.29, 0.717) is 5.92 Å². The van der Waals surface area contributed by atoms with Crippen molar-refractivity contribution in [1.82, 2.24) is 9.78 Å². The molecule has 4 heteroatoms. The van der Waals surface area contributed by atoms with E-state index in [-0.39, 0.29) is 11.7 Å². The van der Waals surface area contributed by atoms with E-state index in [0.717, 1.165) is 23.1 Å². The van der Waals surface area contributed by atoms with Gasteiger partial charge >= 0.3 is 0 Å². The zero-order valence-electron chi connectivity index (χ0n) is 9.74. The first-order valence-corrected chi connectivity index (χ1v) is 6.70. The Morgan fingerprint density at radius 1 is 1.69 bits per heavy atom. The van der Waals surface area contributed by atoms with E-state index in [4.69, 9.17) is 0 Å². The second-order valence-corrected chi connectivity index (χ2v) is 5.41. The molecule has 16 heavy (non-hydrogen) atoms. The number of Topliss-reactive ketones (excluding diaryl/α,β-unsaturated/α-hetero) is 1. The van der Waals surface area contributed by atoms with Crippen LogP contribution in [0.4, 0.5) is 0 Å². The van der Waals surface area contributed by atoms with E-state index in [1.807, 2.05) is 11.6 Å². The number of rotatable bonds is 5. The Hall–Kier alpha value is -0.640. The zero-order chi connectivity index (χ0) is 11.7. The number of aromatic nitrogens is 2. The Morgan fingerprint density at radius 3 is 2.94 bits per heavy atom. The van der Waals surface area contributed by atoms with Crippen LogP contribution in [0.5, 0.6) is 0 Å². The Balaban J connectivity index is 2.23. The van der Waals surface area contributed by atoms with Crippen LogP contribution in [0.15, 0.2) is 10.7 Å². The quantitative estimate of drug-likeness (QED) is 0.778. The van der Waals surface area contributed by atoms with Crippen LogP contribution in [0.1, 0.15) is 43.6 Å². The average molecular weight is 285 g/mol. The molecule has 88 valence electrons. The molecule has 0 aliphatic heterocycles. The van der Waals surface area contributed by atoms with Gasteiger partial charge in [0.1, 0.15) is 5.69 Å². The minimum Gasteiger partial charge on any atom is -0.292 e. The molecule has 1 saturated carbocycles. The third kappa shape index (κ3) is 2.21. The van der Waals surface area contributed by atoms with Crippen LogP contribution in [-0.2, 0) is 6.54 Å². The number of carbonyl (C=O) groups is 1. The van der Waals surface area contributed by atoms with Crippen molar-refractivity contribution in [3.05, 3.63) is 16.4 Å². The first-order valence-electron chi connectivity index (χ1n) is 5.90. The highest BCUT2D eigenvalue weighted by atomic mass is 79.9. The van der Waals surface area contributed by atoms with Gasteiger partial charge in [-0.2, -0.15) is 5.10 Å². The van der Waals surface area contributed by atoms with Crippen molar-refractivity contribution in [2.75, 3.05) is 0 Å². The van der Waals surface area contributed by atoms with Crippen molar-refractivity contribution < 1.29 is 4.79 Å². The van der Waals surface area contributed by atoms with E-state index in [2.05, 4.69) is 28.0 Å². The third-order valence-electron chi connectivity index (χ3n) is 3.21. The first kappa shape index (κ1) is 11.8. The number of nitrogens with zero attached hydrogens (tertiary/aromatic N) is 2. The molecular formula is C12H17BrN2O.